The maximum atomic E-state index is 14.0. The SMILES string of the molecule is Cc1ccc(C2=NC(C)(C)CN2C(c2nc3cc(Cl)ccc3c(=O)n2Cc2ccccc2)C(C)C)cc1. The Bertz CT molecular complexity index is 1520. The second kappa shape index (κ2) is 9.79. The second-order valence-electron chi connectivity index (χ2n) is 10.9. The highest BCUT2D eigenvalue weighted by atomic mass is 35.5. The Hall–Kier alpha value is -3.44. The number of fused-ring (bicyclic) bond motifs is 1. The summed E-state index contributed by atoms with van der Waals surface area (Å²) in [4.78, 5) is 26.6. The van der Waals surface area contributed by atoms with E-state index in [1.807, 2.05) is 34.9 Å². The van der Waals surface area contributed by atoms with Gasteiger partial charge in [-0.3, -0.25) is 14.4 Å². The van der Waals surface area contributed by atoms with Crippen molar-refractivity contribution >= 4 is 28.3 Å². The number of benzene rings is 3. The van der Waals surface area contributed by atoms with E-state index >= 15 is 0 Å². The molecule has 1 aliphatic heterocycles. The van der Waals surface area contributed by atoms with Crippen molar-refractivity contribution in [3.63, 3.8) is 0 Å². The quantitative estimate of drug-likeness (QED) is 0.291. The molecule has 190 valence electrons. The summed E-state index contributed by atoms with van der Waals surface area (Å²) in [6.45, 7) is 11.9. The molecule has 0 amide bonds. The van der Waals surface area contributed by atoms with Gasteiger partial charge in [0.05, 0.1) is 29.0 Å². The minimum Gasteiger partial charge on any atom is -0.344 e. The maximum absolute atomic E-state index is 14.0. The van der Waals surface area contributed by atoms with Crippen LogP contribution in [0.2, 0.25) is 5.02 Å². The molecule has 1 atom stereocenters. The van der Waals surface area contributed by atoms with Crippen LogP contribution in [0.4, 0.5) is 0 Å². The first kappa shape index (κ1) is 25.2. The molecule has 0 N–H and O–H groups in total. The number of rotatable bonds is 6. The van der Waals surface area contributed by atoms with E-state index in [1.165, 1.54) is 5.56 Å². The maximum Gasteiger partial charge on any atom is 0.261 e. The molecule has 0 fully saturated rings. The third kappa shape index (κ3) is 5.05. The van der Waals surface area contributed by atoms with Gasteiger partial charge in [0.15, 0.2) is 0 Å². The molecule has 0 bridgehead atoms. The highest BCUT2D eigenvalue weighted by molar-refractivity contribution is 6.31. The van der Waals surface area contributed by atoms with Gasteiger partial charge in [-0.15, -0.1) is 0 Å². The van der Waals surface area contributed by atoms with Crippen LogP contribution in [0.25, 0.3) is 10.9 Å². The number of nitrogens with zero attached hydrogens (tertiary/aromatic N) is 4. The van der Waals surface area contributed by atoms with Crippen LogP contribution in [0.3, 0.4) is 0 Å². The lowest BCUT2D eigenvalue weighted by Gasteiger charge is -2.35. The average Bonchev–Trinajstić information content (AvgIpc) is 3.17. The van der Waals surface area contributed by atoms with Crippen LogP contribution < -0.4 is 5.56 Å². The van der Waals surface area contributed by atoms with Gasteiger partial charge < -0.3 is 4.90 Å². The molecule has 1 aliphatic rings. The van der Waals surface area contributed by atoms with Crippen molar-refractivity contribution in [3.05, 3.63) is 111 Å². The Balaban J connectivity index is 1.72. The summed E-state index contributed by atoms with van der Waals surface area (Å²) < 4.78 is 1.84. The fraction of sp³-hybridized carbons (Fsp3) is 0.323. The number of halogens is 1. The van der Waals surface area contributed by atoms with Gasteiger partial charge >= 0.3 is 0 Å². The van der Waals surface area contributed by atoms with E-state index in [2.05, 4.69) is 63.8 Å². The lowest BCUT2D eigenvalue weighted by Crippen LogP contribution is -2.42. The predicted molar refractivity (Wildman–Crippen MR) is 153 cm³/mol. The molecular formula is C31H33ClN4O. The van der Waals surface area contributed by atoms with Crippen LogP contribution in [-0.2, 0) is 6.54 Å². The van der Waals surface area contributed by atoms with Gasteiger partial charge in [-0.1, -0.05) is 85.6 Å². The molecule has 1 aromatic heterocycles. The fourth-order valence-corrected chi connectivity index (χ4v) is 5.36. The zero-order valence-corrected chi connectivity index (χ0v) is 22.8. The van der Waals surface area contributed by atoms with E-state index in [9.17, 15) is 4.79 Å². The first-order valence-corrected chi connectivity index (χ1v) is 13.2. The van der Waals surface area contributed by atoms with E-state index in [4.69, 9.17) is 21.6 Å². The zero-order chi connectivity index (χ0) is 26.3. The van der Waals surface area contributed by atoms with Gasteiger partial charge in [0.25, 0.3) is 5.56 Å². The number of hydrogen-bond donors (Lipinski definition) is 0. The van der Waals surface area contributed by atoms with Crippen LogP contribution in [0.1, 0.15) is 56.3 Å². The van der Waals surface area contributed by atoms with Crippen molar-refractivity contribution in [1.29, 1.82) is 0 Å². The summed E-state index contributed by atoms with van der Waals surface area (Å²) in [6, 6.07) is 23.7. The first-order valence-electron chi connectivity index (χ1n) is 12.8. The Morgan fingerprint density at radius 3 is 2.38 bits per heavy atom. The van der Waals surface area contributed by atoms with E-state index in [0.29, 0.717) is 22.5 Å². The molecule has 6 heteroatoms. The van der Waals surface area contributed by atoms with Gasteiger partial charge in [0.2, 0.25) is 0 Å². The minimum atomic E-state index is -0.266. The first-order chi connectivity index (χ1) is 17.6. The predicted octanol–water partition coefficient (Wildman–Crippen LogP) is 6.64. The number of amidine groups is 1. The largest absolute Gasteiger partial charge is 0.344 e. The molecule has 0 saturated heterocycles. The Morgan fingerprint density at radius 1 is 1.00 bits per heavy atom. The highest BCUT2D eigenvalue weighted by Gasteiger charge is 2.39. The molecule has 4 aromatic rings. The lowest BCUT2D eigenvalue weighted by molar-refractivity contribution is 0.225. The Kier molecular flexibility index (Phi) is 6.67. The molecular weight excluding hydrogens is 480 g/mol. The summed E-state index contributed by atoms with van der Waals surface area (Å²) in [5.74, 6) is 1.83. The molecule has 0 saturated carbocycles. The zero-order valence-electron chi connectivity index (χ0n) is 22.1. The van der Waals surface area contributed by atoms with Crippen molar-refractivity contribution < 1.29 is 0 Å². The van der Waals surface area contributed by atoms with Gasteiger partial charge in [0, 0.05) is 17.1 Å². The third-order valence-electron chi connectivity index (χ3n) is 6.91. The Labute approximate surface area is 223 Å². The smallest absolute Gasteiger partial charge is 0.261 e. The fourth-order valence-electron chi connectivity index (χ4n) is 5.19. The molecule has 0 spiro atoms. The molecule has 2 heterocycles. The van der Waals surface area contributed by atoms with E-state index in [1.54, 1.807) is 18.2 Å². The normalized spacial score (nSPS) is 15.9. The summed E-state index contributed by atoms with van der Waals surface area (Å²) in [7, 11) is 0. The standard InChI is InChI=1S/C31H33ClN4O/c1-20(2)27(36-19-31(4,5)34-28(36)23-13-11-21(3)12-14-23)29-33-26-17-24(32)15-16-25(26)30(37)35(29)18-22-9-7-6-8-10-22/h6-17,20,27H,18-19H2,1-5H3. The van der Waals surface area contributed by atoms with E-state index < -0.39 is 0 Å². The highest BCUT2D eigenvalue weighted by Crippen LogP contribution is 2.36. The molecule has 5 rings (SSSR count). The van der Waals surface area contributed by atoms with Crippen molar-refractivity contribution in [2.45, 2.75) is 52.7 Å². The number of aliphatic imine (C=N–C) groups is 1. The third-order valence-corrected chi connectivity index (χ3v) is 7.14. The second-order valence-corrected chi connectivity index (χ2v) is 11.4. The molecule has 1 unspecified atom stereocenters. The van der Waals surface area contributed by atoms with Gasteiger partial charge in [-0.25, -0.2) is 4.98 Å². The van der Waals surface area contributed by atoms with Crippen LogP contribution in [0.15, 0.2) is 82.6 Å². The molecule has 5 nitrogen and oxygen atoms in total. The van der Waals surface area contributed by atoms with Crippen LogP contribution in [0.5, 0.6) is 0 Å². The van der Waals surface area contributed by atoms with Crippen LogP contribution in [-0.4, -0.2) is 32.4 Å². The van der Waals surface area contributed by atoms with Gasteiger partial charge in [0.1, 0.15) is 11.7 Å². The molecule has 0 aliphatic carbocycles. The topological polar surface area (TPSA) is 50.5 Å². The van der Waals surface area contributed by atoms with Crippen LogP contribution >= 0.6 is 11.6 Å². The molecule has 0 radical (unpaired) electrons. The summed E-state index contributed by atoms with van der Waals surface area (Å²) >= 11 is 6.34. The average molecular weight is 513 g/mol. The van der Waals surface area contributed by atoms with Crippen molar-refractivity contribution in [2.75, 3.05) is 6.54 Å². The number of aryl methyl sites for hydroxylation is 1. The van der Waals surface area contributed by atoms with Crippen molar-refractivity contribution in [3.8, 4) is 0 Å². The molecule has 3 aromatic carbocycles. The van der Waals surface area contributed by atoms with Crippen molar-refractivity contribution in [2.24, 2.45) is 10.9 Å². The van der Waals surface area contributed by atoms with Crippen LogP contribution in [0, 0.1) is 12.8 Å². The van der Waals surface area contributed by atoms with E-state index in [-0.39, 0.29) is 23.1 Å². The van der Waals surface area contributed by atoms with Crippen molar-refractivity contribution in [1.82, 2.24) is 14.5 Å². The Morgan fingerprint density at radius 2 is 1.70 bits per heavy atom. The summed E-state index contributed by atoms with van der Waals surface area (Å²) in [6.07, 6.45) is 0. The monoisotopic (exact) mass is 512 g/mol. The lowest BCUT2D eigenvalue weighted by atomic mass is 9.98. The summed E-state index contributed by atoms with van der Waals surface area (Å²) in [5.41, 5.74) is 3.63. The minimum absolute atomic E-state index is 0.0570. The van der Waals surface area contributed by atoms with Gasteiger partial charge in [-0.05, 0) is 50.5 Å². The van der Waals surface area contributed by atoms with E-state index in [0.717, 1.165) is 29.3 Å². The molecule has 37 heavy (non-hydrogen) atoms. The summed E-state index contributed by atoms with van der Waals surface area (Å²) in [5, 5.41) is 1.14. The number of hydrogen-bond acceptors (Lipinski definition) is 4. The van der Waals surface area contributed by atoms with Gasteiger partial charge in [-0.2, -0.15) is 0 Å². The number of aromatic nitrogens is 2.